The lowest BCUT2D eigenvalue weighted by atomic mass is 9.85. The molecular weight excluding hydrogens is 502 g/mol. The summed E-state index contributed by atoms with van der Waals surface area (Å²) in [6.45, 7) is 6.08. The van der Waals surface area contributed by atoms with E-state index in [1.54, 1.807) is 59.3 Å². The maximum atomic E-state index is 13.2. The minimum atomic E-state index is -2.06. The lowest BCUT2D eigenvalue weighted by molar-refractivity contribution is -0.133. The molecule has 5 N–H and O–H groups in total. The second-order valence-corrected chi connectivity index (χ2v) is 10.7. The van der Waals surface area contributed by atoms with E-state index in [1.807, 2.05) is 69.3 Å². The smallest absolute Gasteiger partial charge is 0.324 e. The molecule has 5 aromatic rings. The van der Waals surface area contributed by atoms with Crippen molar-refractivity contribution in [2.75, 3.05) is 10.6 Å². The zero-order chi connectivity index (χ0) is 28.5. The van der Waals surface area contributed by atoms with Crippen LogP contribution in [0, 0.1) is 0 Å². The molecular formula is C32H31N5O3. The highest BCUT2D eigenvalue weighted by atomic mass is 16.3. The van der Waals surface area contributed by atoms with Crippen LogP contribution in [0.5, 0.6) is 0 Å². The number of aromatic nitrogens is 2. The minimum absolute atomic E-state index is 0.280. The van der Waals surface area contributed by atoms with Crippen molar-refractivity contribution in [1.82, 2.24) is 9.78 Å². The number of urea groups is 1. The highest BCUT2D eigenvalue weighted by Crippen LogP contribution is 2.32. The highest BCUT2D eigenvalue weighted by molar-refractivity contribution is 6.06. The van der Waals surface area contributed by atoms with Crippen LogP contribution in [0.3, 0.4) is 0 Å². The Labute approximate surface area is 232 Å². The molecule has 0 aliphatic carbocycles. The van der Waals surface area contributed by atoms with Crippen LogP contribution < -0.4 is 16.4 Å². The van der Waals surface area contributed by atoms with Gasteiger partial charge in [-0.3, -0.25) is 10.1 Å². The zero-order valence-electron chi connectivity index (χ0n) is 22.6. The molecule has 0 saturated carbocycles. The van der Waals surface area contributed by atoms with Crippen molar-refractivity contribution in [1.29, 1.82) is 0 Å². The third-order valence-corrected chi connectivity index (χ3v) is 6.81. The first-order valence-corrected chi connectivity index (χ1v) is 12.9. The average molecular weight is 534 g/mol. The van der Waals surface area contributed by atoms with E-state index in [2.05, 4.69) is 10.6 Å². The number of benzene rings is 4. The molecule has 4 aromatic carbocycles. The van der Waals surface area contributed by atoms with E-state index in [1.165, 1.54) is 0 Å². The second kappa shape index (κ2) is 10.3. The number of primary amides is 1. The molecule has 1 heterocycles. The molecule has 0 aliphatic heterocycles. The summed E-state index contributed by atoms with van der Waals surface area (Å²) in [6.07, 6.45) is 0. The molecule has 8 heteroatoms. The molecule has 0 saturated heterocycles. The third kappa shape index (κ3) is 5.04. The quantitative estimate of drug-likeness (QED) is 0.224. The Morgan fingerprint density at radius 3 is 2.17 bits per heavy atom. The average Bonchev–Trinajstić information content (AvgIpc) is 3.37. The summed E-state index contributed by atoms with van der Waals surface area (Å²) in [6, 6.07) is 30.2. The molecule has 3 amide bonds. The number of fused-ring (bicyclic) bond motifs is 1. The predicted octanol–water partition coefficient (Wildman–Crippen LogP) is 5.69. The number of aliphatic hydroxyl groups is 1. The van der Waals surface area contributed by atoms with Gasteiger partial charge in [0.15, 0.2) is 5.60 Å². The van der Waals surface area contributed by atoms with E-state index in [0.717, 1.165) is 16.5 Å². The van der Waals surface area contributed by atoms with Gasteiger partial charge in [0, 0.05) is 16.9 Å². The van der Waals surface area contributed by atoms with Crippen LogP contribution >= 0.6 is 0 Å². The summed E-state index contributed by atoms with van der Waals surface area (Å²) in [4.78, 5) is 25.8. The van der Waals surface area contributed by atoms with Crippen molar-refractivity contribution in [2.45, 2.75) is 31.8 Å². The van der Waals surface area contributed by atoms with E-state index in [0.29, 0.717) is 22.8 Å². The van der Waals surface area contributed by atoms with E-state index in [-0.39, 0.29) is 11.0 Å². The summed E-state index contributed by atoms with van der Waals surface area (Å²) in [5, 5.41) is 24.1. The van der Waals surface area contributed by atoms with Gasteiger partial charge in [0.2, 0.25) is 0 Å². The topological polar surface area (TPSA) is 122 Å². The van der Waals surface area contributed by atoms with Crippen LogP contribution in [0.4, 0.5) is 16.3 Å². The molecule has 0 fully saturated rings. The maximum Gasteiger partial charge on any atom is 0.324 e. The van der Waals surface area contributed by atoms with Gasteiger partial charge < -0.3 is 16.2 Å². The molecule has 8 nitrogen and oxygen atoms in total. The standard InChI is InChI=1S/C32H31N5O3/c1-31(2,3)27-20-28(35-30(39)34-26-18-9-12-21-11-7-8-17-25(21)26)37(36-27)24-16-10-15-23(19-24)32(40,29(33)38)22-13-5-4-6-14-22/h4-20,40H,1-3H3,(H2,33,38)(H2,34,35,39). The fraction of sp³-hybridized carbons (Fsp3) is 0.156. The van der Waals surface area contributed by atoms with Crippen LogP contribution in [-0.2, 0) is 15.8 Å². The number of nitrogens with one attached hydrogen (secondary N) is 2. The number of hydrogen-bond acceptors (Lipinski definition) is 4. The molecule has 1 atom stereocenters. The largest absolute Gasteiger partial charge is 0.372 e. The van der Waals surface area contributed by atoms with E-state index in [9.17, 15) is 14.7 Å². The van der Waals surface area contributed by atoms with Gasteiger partial charge in [-0.1, -0.05) is 99.6 Å². The Bertz CT molecular complexity index is 1700. The Morgan fingerprint density at radius 1 is 0.800 bits per heavy atom. The van der Waals surface area contributed by atoms with Crippen LogP contribution in [-0.4, -0.2) is 26.8 Å². The molecule has 202 valence electrons. The van der Waals surface area contributed by atoms with Gasteiger partial charge in [-0.25, -0.2) is 9.48 Å². The number of carbonyl (C=O) groups excluding carboxylic acids is 2. The third-order valence-electron chi connectivity index (χ3n) is 6.81. The number of nitrogens with zero attached hydrogens (tertiary/aromatic N) is 2. The Morgan fingerprint density at radius 2 is 1.45 bits per heavy atom. The van der Waals surface area contributed by atoms with Crippen LogP contribution in [0.25, 0.3) is 16.5 Å². The van der Waals surface area contributed by atoms with Gasteiger partial charge in [-0.05, 0) is 34.7 Å². The van der Waals surface area contributed by atoms with Crippen LogP contribution in [0.15, 0.2) is 103 Å². The van der Waals surface area contributed by atoms with Gasteiger partial charge in [0.25, 0.3) is 5.91 Å². The summed E-state index contributed by atoms with van der Waals surface area (Å²) in [5.41, 5.74) is 5.92. The number of amides is 3. The molecule has 40 heavy (non-hydrogen) atoms. The van der Waals surface area contributed by atoms with Gasteiger partial charge >= 0.3 is 6.03 Å². The minimum Gasteiger partial charge on any atom is -0.372 e. The molecule has 0 radical (unpaired) electrons. The number of nitrogens with two attached hydrogens (primary N) is 1. The maximum absolute atomic E-state index is 13.2. The van der Waals surface area contributed by atoms with E-state index in [4.69, 9.17) is 10.8 Å². The lowest BCUT2D eigenvalue weighted by Crippen LogP contribution is -2.42. The van der Waals surface area contributed by atoms with Crippen molar-refractivity contribution in [3.05, 3.63) is 120 Å². The summed E-state index contributed by atoms with van der Waals surface area (Å²) < 4.78 is 1.58. The monoisotopic (exact) mass is 533 g/mol. The normalized spacial score (nSPS) is 13.0. The first-order chi connectivity index (χ1) is 19.1. The number of anilines is 2. The summed E-state index contributed by atoms with van der Waals surface area (Å²) >= 11 is 0. The van der Waals surface area contributed by atoms with Crippen molar-refractivity contribution in [2.24, 2.45) is 5.73 Å². The van der Waals surface area contributed by atoms with Crippen molar-refractivity contribution in [3.63, 3.8) is 0 Å². The molecule has 1 aromatic heterocycles. The number of rotatable bonds is 6. The molecule has 5 rings (SSSR count). The van der Waals surface area contributed by atoms with E-state index >= 15 is 0 Å². The fourth-order valence-electron chi connectivity index (χ4n) is 4.63. The Hall–Kier alpha value is -4.95. The predicted molar refractivity (Wildman–Crippen MR) is 157 cm³/mol. The second-order valence-electron chi connectivity index (χ2n) is 10.7. The Balaban J connectivity index is 1.53. The van der Waals surface area contributed by atoms with Crippen molar-refractivity contribution >= 4 is 34.2 Å². The van der Waals surface area contributed by atoms with Crippen LogP contribution in [0.1, 0.15) is 37.6 Å². The summed E-state index contributed by atoms with van der Waals surface area (Å²) in [7, 11) is 0. The Kier molecular flexibility index (Phi) is 6.87. The lowest BCUT2D eigenvalue weighted by Gasteiger charge is -2.26. The van der Waals surface area contributed by atoms with Gasteiger partial charge in [0.05, 0.1) is 17.1 Å². The zero-order valence-corrected chi connectivity index (χ0v) is 22.6. The van der Waals surface area contributed by atoms with Gasteiger partial charge in [-0.2, -0.15) is 5.10 Å². The van der Waals surface area contributed by atoms with Crippen molar-refractivity contribution < 1.29 is 14.7 Å². The van der Waals surface area contributed by atoms with Crippen molar-refractivity contribution in [3.8, 4) is 5.69 Å². The SMILES string of the molecule is CC(C)(C)c1cc(NC(=O)Nc2cccc3ccccc23)n(-c2cccc(C(O)(C(N)=O)c3ccccc3)c2)n1. The number of carbonyl (C=O) groups is 2. The molecule has 0 bridgehead atoms. The van der Waals surface area contributed by atoms with Gasteiger partial charge in [-0.15, -0.1) is 0 Å². The number of hydrogen-bond donors (Lipinski definition) is 4. The first-order valence-electron chi connectivity index (χ1n) is 12.9. The van der Waals surface area contributed by atoms with E-state index < -0.39 is 17.5 Å². The molecule has 1 unspecified atom stereocenters. The molecule has 0 spiro atoms. The van der Waals surface area contributed by atoms with Crippen LogP contribution in [0.2, 0.25) is 0 Å². The highest BCUT2D eigenvalue weighted by Gasteiger charge is 2.38. The fourth-order valence-corrected chi connectivity index (χ4v) is 4.63. The summed E-state index contributed by atoms with van der Waals surface area (Å²) in [5.74, 6) is -0.485. The molecule has 0 aliphatic rings. The first kappa shape index (κ1) is 26.6. The van der Waals surface area contributed by atoms with Gasteiger partial charge in [0.1, 0.15) is 5.82 Å².